The van der Waals surface area contributed by atoms with Crippen molar-refractivity contribution in [1.82, 2.24) is 0 Å². The van der Waals surface area contributed by atoms with Crippen molar-refractivity contribution < 1.29 is 24.5 Å². The van der Waals surface area contributed by atoms with Gasteiger partial charge in [0.15, 0.2) is 6.10 Å². The number of aryl methyl sites for hydroxylation is 1. The Kier molecular flexibility index (Phi) is 4.85. The number of carbonyl (C=O) groups is 1. The van der Waals surface area contributed by atoms with Gasteiger partial charge in [-0.25, -0.2) is 4.79 Å². The first-order valence-corrected chi connectivity index (χ1v) is 7.20. The van der Waals surface area contributed by atoms with Crippen molar-refractivity contribution >= 4 is 5.97 Å². The molecule has 3 unspecified atom stereocenters. The summed E-state index contributed by atoms with van der Waals surface area (Å²) in [5, 5.41) is 18.7. The van der Waals surface area contributed by atoms with Crippen LogP contribution in [0.5, 0.6) is 5.75 Å². The van der Waals surface area contributed by atoms with E-state index in [2.05, 4.69) is 13.8 Å². The summed E-state index contributed by atoms with van der Waals surface area (Å²) in [4.78, 5) is 11.0. The molecule has 116 valence electrons. The summed E-state index contributed by atoms with van der Waals surface area (Å²) in [7, 11) is 0. The third kappa shape index (κ3) is 3.95. The minimum absolute atomic E-state index is 0.0977. The number of carboxylic acid groups (broad SMARTS) is 1. The highest BCUT2D eigenvalue weighted by Gasteiger charge is 2.34. The minimum atomic E-state index is -1.07. The Bertz CT molecular complexity index is 511. The van der Waals surface area contributed by atoms with Gasteiger partial charge in [0.25, 0.3) is 0 Å². The predicted molar refractivity (Wildman–Crippen MR) is 77.4 cm³/mol. The molecule has 21 heavy (non-hydrogen) atoms. The number of ether oxygens (including phenoxy) is 2. The molecule has 1 aromatic carbocycles. The molecule has 1 aromatic rings. The Labute approximate surface area is 124 Å². The highest BCUT2D eigenvalue weighted by molar-refractivity contribution is 5.72. The number of benzene rings is 1. The fraction of sp³-hybridized carbons (Fsp3) is 0.562. The van der Waals surface area contributed by atoms with Crippen LogP contribution < -0.4 is 4.74 Å². The largest absolute Gasteiger partial charge is 0.479 e. The molecule has 1 saturated heterocycles. The lowest BCUT2D eigenvalue weighted by molar-refractivity contribution is -0.195. The zero-order valence-electron chi connectivity index (χ0n) is 12.6. The molecule has 1 fully saturated rings. The van der Waals surface area contributed by atoms with Gasteiger partial charge in [-0.15, -0.1) is 0 Å². The molecule has 3 atom stereocenters. The van der Waals surface area contributed by atoms with Gasteiger partial charge >= 0.3 is 5.97 Å². The van der Waals surface area contributed by atoms with Gasteiger partial charge in [0, 0.05) is 12.8 Å². The van der Waals surface area contributed by atoms with Crippen molar-refractivity contribution in [2.75, 3.05) is 0 Å². The summed E-state index contributed by atoms with van der Waals surface area (Å²) in [6.07, 6.45) is -2.11. The van der Waals surface area contributed by atoms with E-state index in [4.69, 9.17) is 14.6 Å². The molecule has 0 amide bonds. The van der Waals surface area contributed by atoms with Gasteiger partial charge in [0.05, 0.1) is 6.10 Å². The molecule has 2 rings (SSSR count). The highest BCUT2D eigenvalue weighted by Crippen LogP contribution is 2.28. The lowest BCUT2D eigenvalue weighted by atomic mass is 10.0. The van der Waals surface area contributed by atoms with E-state index in [0.717, 1.165) is 5.56 Å². The van der Waals surface area contributed by atoms with E-state index in [1.54, 1.807) is 0 Å². The minimum Gasteiger partial charge on any atom is -0.479 e. The molecular formula is C16H22O5. The number of aliphatic hydroxyl groups excluding tert-OH is 1. The molecule has 0 aliphatic carbocycles. The fourth-order valence-electron chi connectivity index (χ4n) is 2.40. The van der Waals surface area contributed by atoms with E-state index >= 15 is 0 Å². The second-order valence-corrected chi connectivity index (χ2v) is 5.82. The number of carboxylic acids is 1. The summed E-state index contributed by atoms with van der Waals surface area (Å²) in [6, 6.07) is 5.90. The molecule has 2 N–H and O–H groups in total. The molecule has 0 radical (unpaired) electrons. The van der Waals surface area contributed by atoms with Crippen LogP contribution in [0.3, 0.4) is 0 Å². The molecule has 1 heterocycles. The maximum atomic E-state index is 11.0. The van der Waals surface area contributed by atoms with Crippen LogP contribution in [0.4, 0.5) is 0 Å². The van der Waals surface area contributed by atoms with Gasteiger partial charge in [-0.1, -0.05) is 26.0 Å². The molecule has 1 aliphatic rings. The summed E-state index contributed by atoms with van der Waals surface area (Å²) < 4.78 is 11.1. The monoisotopic (exact) mass is 294 g/mol. The van der Waals surface area contributed by atoms with Crippen molar-refractivity contribution in [3.05, 3.63) is 29.3 Å². The first kappa shape index (κ1) is 15.8. The Morgan fingerprint density at radius 3 is 2.67 bits per heavy atom. The van der Waals surface area contributed by atoms with Crippen LogP contribution >= 0.6 is 0 Å². The molecule has 5 heteroatoms. The smallest absolute Gasteiger partial charge is 0.333 e. The average molecular weight is 294 g/mol. The van der Waals surface area contributed by atoms with Crippen molar-refractivity contribution in [2.24, 2.45) is 0 Å². The number of hydrogen-bond donors (Lipinski definition) is 2. The SMILES string of the molecule is Cc1cc(C(C)C)ccc1OC1CC(O)CC(C(=O)O)O1. The molecule has 0 saturated carbocycles. The van der Waals surface area contributed by atoms with E-state index in [-0.39, 0.29) is 12.8 Å². The van der Waals surface area contributed by atoms with E-state index in [0.29, 0.717) is 11.7 Å². The Morgan fingerprint density at radius 1 is 1.38 bits per heavy atom. The lowest BCUT2D eigenvalue weighted by Crippen LogP contribution is -2.42. The summed E-state index contributed by atoms with van der Waals surface area (Å²) in [5.41, 5.74) is 2.18. The second-order valence-electron chi connectivity index (χ2n) is 5.82. The number of aliphatic hydroxyl groups is 1. The third-order valence-electron chi connectivity index (χ3n) is 3.67. The van der Waals surface area contributed by atoms with Crippen molar-refractivity contribution in [1.29, 1.82) is 0 Å². The second kappa shape index (κ2) is 6.45. The van der Waals surface area contributed by atoms with Gasteiger partial charge in [-0.05, 0) is 30.0 Å². The first-order valence-electron chi connectivity index (χ1n) is 7.20. The normalized spacial score (nSPS) is 25.9. The number of hydrogen-bond acceptors (Lipinski definition) is 4. The number of rotatable bonds is 4. The molecule has 0 aromatic heterocycles. The van der Waals surface area contributed by atoms with Crippen molar-refractivity contribution in [3.8, 4) is 5.75 Å². The average Bonchev–Trinajstić information content (AvgIpc) is 2.40. The molecule has 1 aliphatic heterocycles. The summed E-state index contributed by atoms with van der Waals surface area (Å²) in [5.74, 6) is 0.0127. The van der Waals surface area contributed by atoms with Gasteiger partial charge in [0.2, 0.25) is 6.29 Å². The van der Waals surface area contributed by atoms with Crippen LogP contribution in [0.1, 0.15) is 43.7 Å². The van der Waals surface area contributed by atoms with Crippen LogP contribution in [-0.4, -0.2) is 34.7 Å². The van der Waals surface area contributed by atoms with Crippen LogP contribution in [-0.2, 0) is 9.53 Å². The van der Waals surface area contributed by atoms with Gasteiger partial charge in [0.1, 0.15) is 5.75 Å². The fourth-order valence-corrected chi connectivity index (χ4v) is 2.40. The summed E-state index contributed by atoms with van der Waals surface area (Å²) in [6.45, 7) is 6.18. The van der Waals surface area contributed by atoms with Crippen molar-refractivity contribution in [3.63, 3.8) is 0 Å². The van der Waals surface area contributed by atoms with E-state index in [1.165, 1.54) is 5.56 Å². The topological polar surface area (TPSA) is 76.0 Å². The van der Waals surface area contributed by atoms with Gasteiger partial charge in [-0.3, -0.25) is 0 Å². The molecule has 0 spiro atoms. The quantitative estimate of drug-likeness (QED) is 0.892. The predicted octanol–water partition coefficient (Wildman–Crippen LogP) is 2.45. The summed E-state index contributed by atoms with van der Waals surface area (Å²) >= 11 is 0. The van der Waals surface area contributed by atoms with Crippen LogP contribution in [0.15, 0.2) is 18.2 Å². The highest BCUT2D eigenvalue weighted by atomic mass is 16.7. The van der Waals surface area contributed by atoms with Crippen molar-refractivity contribution in [2.45, 2.75) is 58.0 Å². The van der Waals surface area contributed by atoms with Crippen LogP contribution in [0.2, 0.25) is 0 Å². The maximum absolute atomic E-state index is 11.0. The van der Waals surface area contributed by atoms with Crippen LogP contribution in [0, 0.1) is 6.92 Å². The van der Waals surface area contributed by atoms with E-state index in [1.807, 2.05) is 25.1 Å². The van der Waals surface area contributed by atoms with Crippen LogP contribution in [0.25, 0.3) is 0 Å². The Hall–Kier alpha value is -1.59. The molecule has 0 bridgehead atoms. The van der Waals surface area contributed by atoms with Gasteiger partial charge < -0.3 is 19.7 Å². The lowest BCUT2D eigenvalue weighted by Gasteiger charge is -2.31. The molecule has 5 nitrogen and oxygen atoms in total. The third-order valence-corrected chi connectivity index (χ3v) is 3.67. The number of aliphatic carboxylic acids is 1. The van der Waals surface area contributed by atoms with E-state index < -0.39 is 24.5 Å². The molecular weight excluding hydrogens is 272 g/mol. The Balaban J connectivity index is 2.08. The first-order chi connectivity index (χ1) is 9.86. The van der Waals surface area contributed by atoms with Gasteiger partial charge in [-0.2, -0.15) is 0 Å². The maximum Gasteiger partial charge on any atom is 0.333 e. The zero-order valence-corrected chi connectivity index (χ0v) is 12.6. The Morgan fingerprint density at radius 2 is 2.10 bits per heavy atom. The van der Waals surface area contributed by atoms with E-state index in [9.17, 15) is 9.90 Å². The standard InChI is InChI=1S/C16H22O5/c1-9(2)11-4-5-13(10(3)6-11)20-15-8-12(17)7-14(21-15)16(18)19/h4-6,9,12,14-15,17H,7-8H2,1-3H3,(H,18,19). The zero-order chi connectivity index (χ0) is 15.6.